The van der Waals surface area contributed by atoms with Crippen LogP contribution in [-0.4, -0.2) is 53.0 Å². The third kappa shape index (κ3) is 5.49. The first kappa shape index (κ1) is 26.4. The van der Waals surface area contributed by atoms with Gasteiger partial charge in [0.25, 0.3) is 6.43 Å². The number of carbonyl (C=O) groups excluding carboxylic acids is 1. The molecule has 10 heteroatoms. The second-order valence-corrected chi connectivity index (χ2v) is 11.3. The fourth-order valence-corrected chi connectivity index (χ4v) is 5.75. The van der Waals surface area contributed by atoms with Crippen molar-refractivity contribution in [1.82, 2.24) is 14.9 Å². The average molecular weight is 537 g/mol. The van der Waals surface area contributed by atoms with Crippen LogP contribution in [0, 0.1) is 17.7 Å². The van der Waals surface area contributed by atoms with Gasteiger partial charge in [0.15, 0.2) is 0 Å². The second-order valence-electron chi connectivity index (χ2n) is 11.0. The van der Waals surface area contributed by atoms with Crippen LogP contribution in [0.5, 0.6) is 0 Å². The number of nitrogens with one attached hydrogen (secondary N) is 1. The highest BCUT2D eigenvalue weighted by atomic mass is 35.5. The van der Waals surface area contributed by atoms with Crippen molar-refractivity contribution in [3.8, 4) is 0 Å². The van der Waals surface area contributed by atoms with Crippen molar-refractivity contribution in [2.45, 2.75) is 64.0 Å². The molecule has 1 aromatic heterocycles. The fraction of sp³-hybridized carbons (Fsp3) is 0.593. The third-order valence-electron chi connectivity index (χ3n) is 8.02. The Bertz CT molecular complexity index is 1170. The van der Waals surface area contributed by atoms with Crippen LogP contribution in [0.2, 0.25) is 5.28 Å². The zero-order valence-corrected chi connectivity index (χ0v) is 21.8. The summed E-state index contributed by atoms with van der Waals surface area (Å²) >= 11 is 6.21. The van der Waals surface area contributed by atoms with Gasteiger partial charge in [-0.1, -0.05) is 18.2 Å². The number of aromatic nitrogens is 2. The number of hydrogen-bond acceptors (Lipinski definition) is 6. The van der Waals surface area contributed by atoms with Crippen LogP contribution in [0.1, 0.15) is 61.9 Å². The highest BCUT2D eigenvalue weighted by Gasteiger charge is 2.39. The van der Waals surface area contributed by atoms with Gasteiger partial charge in [-0.3, -0.25) is 9.69 Å². The molecule has 1 aromatic carbocycles. The first-order valence-corrected chi connectivity index (χ1v) is 13.2. The zero-order valence-electron chi connectivity index (χ0n) is 21.1. The minimum atomic E-state index is -2.91. The summed E-state index contributed by atoms with van der Waals surface area (Å²) < 4.78 is 46.8. The fourth-order valence-electron chi connectivity index (χ4n) is 5.57. The number of benzene rings is 1. The number of aryl methyl sites for hydroxylation is 1. The van der Waals surface area contributed by atoms with E-state index in [1.807, 2.05) is 0 Å². The van der Waals surface area contributed by atoms with Crippen LogP contribution in [0.25, 0.3) is 0 Å². The molecule has 1 unspecified atom stereocenters. The summed E-state index contributed by atoms with van der Waals surface area (Å²) in [6.45, 7) is 6.65. The van der Waals surface area contributed by atoms with E-state index in [1.54, 1.807) is 13.8 Å². The maximum Gasteiger partial charge on any atom is 0.266 e. The molecule has 0 bridgehead atoms. The molecule has 3 heterocycles. The molecule has 2 aromatic rings. The quantitative estimate of drug-likeness (QED) is 0.436. The lowest BCUT2D eigenvalue weighted by Gasteiger charge is -2.46. The van der Waals surface area contributed by atoms with Gasteiger partial charge in [0.1, 0.15) is 17.4 Å². The Kier molecular flexibility index (Phi) is 7.49. The molecule has 2 aliphatic heterocycles. The molecular weight excluding hydrogens is 505 g/mol. The van der Waals surface area contributed by atoms with Crippen molar-refractivity contribution in [1.29, 1.82) is 0 Å². The first-order valence-electron chi connectivity index (χ1n) is 12.9. The van der Waals surface area contributed by atoms with Crippen molar-refractivity contribution in [3.63, 3.8) is 0 Å². The average Bonchev–Trinajstić information content (AvgIpc) is 2.77. The minimum Gasteiger partial charge on any atom is -0.378 e. The van der Waals surface area contributed by atoms with Crippen LogP contribution < -0.4 is 5.32 Å². The number of halogens is 4. The summed E-state index contributed by atoms with van der Waals surface area (Å²) in [5.74, 6) is 0.286. The molecule has 1 N–H and O–H groups in total. The molecule has 3 aliphatic rings. The molecule has 0 amide bonds. The number of ketones is 1. The van der Waals surface area contributed by atoms with Crippen molar-refractivity contribution in [3.05, 3.63) is 51.7 Å². The van der Waals surface area contributed by atoms with Crippen molar-refractivity contribution in [2.24, 2.45) is 11.8 Å². The minimum absolute atomic E-state index is 0.0823. The number of nitrogens with zero attached hydrogens (tertiary/aromatic N) is 3. The molecular formula is C27H32ClF3N4O2. The molecule has 1 aliphatic carbocycles. The Balaban J connectivity index is 1.26. The largest absolute Gasteiger partial charge is 0.378 e. The smallest absolute Gasteiger partial charge is 0.266 e. The van der Waals surface area contributed by atoms with E-state index in [9.17, 15) is 18.0 Å². The van der Waals surface area contributed by atoms with Gasteiger partial charge < -0.3 is 10.1 Å². The summed E-state index contributed by atoms with van der Waals surface area (Å²) in [7, 11) is 0. The molecule has 0 radical (unpaired) electrons. The number of hydrogen-bond donors (Lipinski definition) is 1. The third-order valence-corrected chi connectivity index (χ3v) is 8.19. The van der Waals surface area contributed by atoms with Crippen molar-refractivity contribution >= 4 is 23.2 Å². The van der Waals surface area contributed by atoms with E-state index in [2.05, 4.69) is 20.2 Å². The predicted octanol–water partition coefficient (Wildman–Crippen LogP) is 5.34. The predicted molar refractivity (Wildman–Crippen MR) is 134 cm³/mol. The van der Waals surface area contributed by atoms with Gasteiger partial charge in [0.05, 0.1) is 36.1 Å². The van der Waals surface area contributed by atoms with E-state index >= 15 is 0 Å². The molecule has 0 saturated carbocycles. The number of alkyl halides is 2. The number of carbonyl (C=O) groups is 1. The lowest BCUT2D eigenvalue weighted by atomic mass is 9.81. The van der Waals surface area contributed by atoms with Gasteiger partial charge in [-0.2, -0.15) is 0 Å². The Morgan fingerprint density at radius 1 is 1.27 bits per heavy atom. The van der Waals surface area contributed by atoms with Gasteiger partial charge >= 0.3 is 0 Å². The van der Waals surface area contributed by atoms with Crippen LogP contribution in [-0.2, 0) is 27.9 Å². The SMILES string of the molecule is CC(C)(Nc1nc(Cl)nc2c1CC(CCC(=O)C1CN(C3COC3)C1)CC2)c1cccc(C(F)F)c1F. The van der Waals surface area contributed by atoms with Crippen LogP contribution in [0.4, 0.5) is 19.0 Å². The van der Waals surface area contributed by atoms with E-state index in [-0.39, 0.29) is 16.8 Å². The summed E-state index contributed by atoms with van der Waals surface area (Å²) in [4.78, 5) is 23.9. The Hall–Kier alpha value is -2.23. The van der Waals surface area contributed by atoms with E-state index in [4.69, 9.17) is 16.3 Å². The van der Waals surface area contributed by atoms with Crippen LogP contribution in [0.15, 0.2) is 18.2 Å². The molecule has 5 rings (SSSR count). The molecule has 37 heavy (non-hydrogen) atoms. The molecule has 200 valence electrons. The lowest BCUT2D eigenvalue weighted by Crippen LogP contribution is -2.60. The lowest BCUT2D eigenvalue weighted by molar-refractivity contribution is -0.138. The second kappa shape index (κ2) is 10.5. The van der Waals surface area contributed by atoms with Gasteiger partial charge in [-0.05, 0) is 57.0 Å². The Labute approximate surface area is 219 Å². The standard InChI is InChI=1S/C27H32ClF3N4O2/c1-27(2,20-5-3-4-18(23(20)29)24(30)31)34-25-19-10-15(6-8-21(19)32-26(28)33-25)7-9-22(36)16-11-35(12-16)17-13-37-14-17/h3-5,15-17,24H,6-14H2,1-2H3,(H,32,33,34). The Morgan fingerprint density at radius 3 is 2.70 bits per heavy atom. The van der Waals surface area contributed by atoms with Gasteiger partial charge in [-0.15, -0.1) is 0 Å². The van der Waals surface area contributed by atoms with Gasteiger partial charge in [-0.25, -0.2) is 23.1 Å². The summed E-state index contributed by atoms with van der Waals surface area (Å²) in [6.07, 6.45) is 0.715. The van der Waals surface area contributed by atoms with Crippen LogP contribution in [0.3, 0.4) is 0 Å². The number of anilines is 1. The molecule has 0 spiro atoms. The summed E-state index contributed by atoms with van der Waals surface area (Å²) in [5.41, 5.74) is 0.182. The van der Waals surface area contributed by atoms with Crippen LogP contribution >= 0.6 is 11.6 Å². The summed E-state index contributed by atoms with van der Waals surface area (Å²) in [5, 5.41) is 3.34. The van der Waals surface area contributed by atoms with Crippen molar-refractivity contribution in [2.75, 3.05) is 31.6 Å². The monoisotopic (exact) mass is 536 g/mol. The molecule has 1 atom stereocenters. The highest BCUT2D eigenvalue weighted by molar-refractivity contribution is 6.28. The molecule has 6 nitrogen and oxygen atoms in total. The van der Waals surface area contributed by atoms with E-state index < -0.39 is 23.3 Å². The number of likely N-dealkylation sites (tertiary alicyclic amines) is 1. The molecule has 2 fully saturated rings. The van der Waals surface area contributed by atoms with Gasteiger partial charge in [0.2, 0.25) is 5.28 Å². The van der Waals surface area contributed by atoms with Gasteiger partial charge in [0, 0.05) is 36.6 Å². The maximum absolute atomic E-state index is 14.9. The number of fused-ring (bicyclic) bond motifs is 1. The van der Waals surface area contributed by atoms with E-state index in [0.717, 1.165) is 56.5 Å². The zero-order chi connectivity index (χ0) is 26.3. The Morgan fingerprint density at radius 2 is 2.03 bits per heavy atom. The highest BCUT2D eigenvalue weighted by Crippen LogP contribution is 2.37. The topological polar surface area (TPSA) is 67.4 Å². The van der Waals surface area contributed by atoms with Crippen molar-refractivity contribution < 1.29 is 22.7 Å². The number of rotatable bonds is 9. The number of Topliss-reactive ketones (excluding diaryl/α,β-unsaturated/α-hetero) is 1. The van der Waals surface area contributed by atoms with E-state index in [0.29, 0.717) is 42.8 Å². The maximum atomic E-state index is 14.9. The molecule has 2 saturated heterocycles. The first-order chi connectivity index (χ1) is 17.6. The summed E-state index contributed by atoms with van der Waals surface area (Å²) in [6, 6.07) is 4.50. The van der Waals surface area contributed by atoms with E-state index in [1.165, 1.54) is 12.1 Å². The normalized spacial score (nSPS) is 20.9. The number of ether oxygens (including phenoxy) is 1.